The second-order valence-corrected chi connectivity index (χ2v) is 7.17. The van der Waals surface area contributed by atoms with Crippen molar-refractivity contribution < 1.29 is 19.4 Å². The van der Waals surface area contributed by atoms with E-state index in [2.05, 4.69) is 26.0 Å². The maximum atomic E-state index is 10.9. The maximum absolute atomic E-state index is 10.9. The number of ether oxygens (including phenoxy) is 2. The van der Waals surface area contributed by atoms with Gasteiger partial charge in [0.1, 0.15) is 0 Å². The van der Waals surface area contributed by atoms with Crippen LogP contribution in [-0.2, 0) is 16.1 Å². The van der Waals surface area contributed by atoms with Crippen LogP contribution in [0.1, 0.15) is 51.5 Å². The van der Waals surface area contributed by atoms with Crippen molar-refractivity contribution >= 4 is 6.09 Å². The number of likely N-dealkylation sites (tertiary alicyclic amines) is 1. The molecule has 1 unspecified atom stereocenters. The summed E-state index contributed by atoms with van der Waals surface area (Å²) in [5, 5.41) is 9.00. The molecule has 0 aromatic heterocycles. The third kappa shape index (κ3) is 7.04. The van der Waals surface area contributed by atoms with Crippen LogP contribution in [0.15, 0.2) is 30.3 Å². The van der Waals surface area contributed by atoms with Gasteiger partial charge in [0.2, 0.25) is 0 Å². The molecule has 25 heavy (non-hydrogen) atoms. The van der Waals surface area contributed by atoms with Crippen LogP contribution in [0, 0.1) is 0 Å². The van der Waals surface area contributed by atoms with Gasteiger partial charge in [-0.3, -0.25) is 0 Å². The van der Waals surface area contributed by atoms with Crippen LogP contribution >= 0.6 is 0 Å². The summed E-state index contributed by atoms with van der Waals surface area (Å²) >= 11 is 0. The van der Waals surface area contributed by atoms with Gasteiger partial charge in [-0.05, 0) is 51.5 Å². The van der Waals surface area contributed by atoms with Gasteiger partial charge in [-0.25, -0.2) is 4.79 Å². The number of benzene rings is 1. The van der Waals surface area contributed by atoms with E-state index in [4.69, 9.17) is 14.6 Å². The fourth-order valence-corrected chi connectivity index (χ4v) is 3.06. The Labute approximate surface area is 150 Å². The fourth-order valence-electron chi connectivity index (χ4n) is 3.06. The Kier molecular flexibility index (Phi) is 7.72. The Morgan fingerprint density at radius 2 is 1.92 bits per heavy atom. The van der Waals surface area contributed by atoms with Gasteiger partial charge in [-0.1, -0.05) is 30.3 Å². The van der Waals surface area contributed by atoms with Crippen molar-refractivity contribution in [3.05, 3.63) is 35.9 Å². The average molecular weight is 349 g/mol. The van der Waals surface area contributed by atoms with Gasteiger partial charge in [0.25, 0.3) is 0 Å². The number of piperidine rings is 1. The molecule has 1 aliphatic rings. The third-order valence-electron chi connectivity index (χ3n) is 4.92. The molecule has 1 fully saturated rings. The standard InChI is InChI=1S/C20H31NO4/c1-17(24-16-18-9-4-3-5-10-18)8-6-7-15-25-20(2)11-13-21(14-12-20)19(22)23/h3-5,9-10,17H,6-8,11-16H2,1-2H3,(H,22,23). The number of rotatable bonds is 9. The van der Waals surface area contributed by atoms with Crippen molar-refractivity contribution in [3.63, 3.8) is 0 Å². The molecule has 0 spiro atoms. The zero-order chi connectivity index (χ0) is 18.1. The molecule has 0 saturated carbocycles. The lowest BCUT2D eigenvalue weighted by Gasteiger charge is -2.38. The normalized spacial score (nSPS) is 18.1. The van der Waals surface area contributed by atoms with Gasteiger partial charge < -0.3 is 19.5 Å². The van der Waals surface area contributed by atoms with Gasteiger partial charge in [0.05, 0.1) is 18.3 Å². The highest BCUT2D eigenvalue weighted by Crippen LogP contribution is 2.26. The van der Waals surface area contributed by atoms with E-state index in [0.717, 1.165) is 38.7 Å². The van der Waals surface area contributed by atoms with Crippen LogP contribution in [0.3, 0.4) is 0 Å². The van der Waals surface area contributed by atoms with Crippen molar-refractivity contribution in [1.29, 1.82) is 0 Å². The lowest BCUT2D eigenvalue weighted by atomic mass is 9.93. The van der Waals surface area contributed by atoms with E-state index in [1.165, 1.54) is 10.5 Å². The molecule has 2 rings (SSSR count). The highest BCUT2D eigenvalue weighted by molar-refractivity contribution is 5.65. The monoisotopic (exact) mass is 349 g/mol. The summed E-state index contributed by atoms with van der Waals surface area (Å²) in [4.78, 5) is 12.4. The molecule has 1 N–H and O–H groups in total. The second-order valence-electron chi connectivity index (χ2n) is 7.17. The second kappa shape index (κ2) is 9.78. The van der Waals surface area contributed by atoms with Crippen molar-refractivity contribution in [2.24, 2.45) is 0 Å². The molecule has 0 bridgehead atoms. The van der Waals surface area contributed by atoms with Crippen LogP contribution in [0.4, 0.5) is 4.79 Å². The summed E-state index contributed by atoms with van der Waals surface area (Å²) in [6.45, 7) is 6.74. The molecule has 1 amide bonds. The highest BCUT2D eigenvalue weighted by atomic mass is 16.5. The number of carboxylic acid groups (broad SMARTS) is 1. The van der Waals surface area contributed by atoms with Crippen molar-refractivity contribution in [3.8, 4) is 0 Å². The number of carbonyl (C=O) groups is 1. The van der Waals surface area contributed by atoms with Gasteiger partial charge in [0.15, 0.2) is 0 Å². The zero-order valence-corrected chi connectivity index (χ0v) is 15.4. The molecule has 5 heteroatoms. The molecule has 0 radical (unpaired) electrons. The Bertz CT molecular complexity index is 512. The molecule has 0 aliphatic carbocycles. The summed E-state index contributed by atoms with van der Waals surface area (Å²) in [6, 6.07) is 10.2. The lowest BCUT2D eigenvalue weighted by Crippen LogP contribution is -2.46. The minimum Gasteiger partial charge on any atom is -0.465 e. The number of hydrogen-bond acceptors (Lipinski definition) is 3. The first-order valence-electron chi connectivity index (χ1n) is 9.26. The van der Waals surface area contributed by atoms with Crippen LogP contribution in [0.2, 0.25) is 0 Å². The van der Waals surface area contributed by atoms with Crippen LogP contribution in [0.25, 0.3) is 0 Å². The van der Waals surface area contributed by atoms with Crippen LogP contribution in [0.5, 0.6) is 0 Å². The first-order valence-corrected chi connectivity index (χ1v) is 9.26. The molecule has 1 heterocycles. The molecular weight excluding hydrogens is 318 g/mol. The first kappa shape index (κ1) is 19.7. The predicted octanol–water partition coefficient (Wildman–Crippen LogP) is 4.31. The highest BCUT2D eigenvalue weighted by Gasteiger charge is 2.32. The fraction of sp³-hybridized carbons (Fsp3) is 0.650. The topological polar surface area (TPSA) is 59.0 Å². The average Bonchev–Trinajstić information content (AvgIpc) is 2.61. The Morgan fingerprint density at radius 1 is 1.24 bits per heavy atom. The molecule has 5 nitrogen and oxygen atoms in total. The Hall–Kier alpha value is -1.59. The van der Waals surface area contributed by atoms with Crippen LogP contribution < -0.4 is 0 Å². The molecule has 1 saturated heterocycles. The van der Waals surface area contributed by atoms with E-state index in [1.807, 2.05) is 18.2 Å². The maximum Gasteiger partial charge on any atom is 0.407 e. The largest absolute Gasteiger partial charge is 0.465 e. The van der Waals surface area contributed by atoms with Gasteiger partial charge in [-0.15, -0.1) is 0 Å². The van der Waals surface area contributed by atoms with E-state index < -0.39 is 6.09 Å². The third-order valence-corrected chi connectivity index (χ3v) is 4.92. The summed E-state index contributed by atoms with van der Waals surface area (Å²) in [5.74, 6) is 0. The summed E-state index contributed by atoms with van der Waals surface area (Å²) in [6.07, 6.45) is 4.08. The molecule has 1 aromatic carbocycles. The molecule has 1 aromatic rings. The van der Waals surface area contributed by atoms with E-state index in [9.17, 15) is 4.79 Å². The predicted molar refractivity (Wildman–Crippen MR) is 97.7 cm³/mol. The van der Waals surface area contributed by atoms with Gasteiger partial charge >= 0.3 is 6.09 Å². The van der Waals surface area contributed by atoms with Crippen molar-refractivity contribution in [2.45, 2.75) is 64.3 Å². The minimum atomic E-state index is -0.827. The van der Waals surface area contributed by atoms with E-state index in [0.29, 0.717) is 19.7 Å². The summed E-state index contributed by atoms with van der Waals surface area (Å²) < 4.78 is 11.9. The van der Waals surface area contributed by atoms with E-state index >= 15 is 0 Å². The van der Waals surface area contributed by atoms with Gasteiger partial charge in [0, 0.05) is 19.7 Å². The minimum absolute atomic E-state index is 0.179. The summed E-state index contributed by atoms with van der Waals surface area (Å²) in [7, 11) is 0. The SMILES string of the molecule is CC(CCCCOC1(C)CCN(C(=O)O)CC1)OCc1ccccc1. The number of nitrogens with zero attached hydrogens (tertiary/aromatic N) is 1. The quantitative estimate of drug-likeness (QED) is 0.675. The van der Waals surface area contributed by atoms with E-state index in [1.54, 1.807) is 0 Å². The van der Waals surface area contributed by atoms with Crippen molar-refractivity contribution in [2.75, 3.05) is 19.7 Å². The Balaban J connectivity index is 1.53. The lowest BCUT2D eigenvalue weighted by molar-refractivity contribution is -0.0690. The zero-order valence-electron chi connectivity index (χ0n) is 15.4. The molecule has 140 valence electrons. The molecule has 1 atom stereocenters. The number of hydrogen-bond donors (Lipinski definition) is 1. The summed E-state index contributed by atoms with van der Waals surface area (Å²) in [5.41, 5.74) is 1.03. The number of unbranched alkanes of at least 4 members (excludes halogenated alkanes) is 1. The molecular formula is C20H31NO4. The van der Waals surface area contributed by atoms with Crippen LogP contribution in [-0.4, -0.2) is 47.5 Å². The van der Waals surface area contributed by atoms with Crippen molar-refractivity contribution in [1.82, 2.24) is 4.90 Å². The molecule has 1 aliphatic heterocycles. The van der Waals surface area contributed by atoms with E-state index in [-0.39, 0.29) is 11.7 Å². The number of amides is 1. The Morgan fingerprint density at radius 3 is 2.56 bits per heavy atom. The first-order chi connectivity index (χ1) is 12.0. The van der Waals surface area contributed by atoms with Gasteiger partial charge in [-0.2, -0.15) is 0 Å². The smallest absolute Gasteiger partial charge is 0.407 e.